The normalized spacial score (nSPS) is 23.0. The fourth-order valence-electron chi connectivity index (χ4n) is 2.39. The Balaban J connectivity index is 1.68. The van der Waals surface area contributed by atoms with Crippen LogP contribution in [0, 0.1) is 12.8 Å². The highest BCUT2D eigenvalue weighted by molar-refractivity contribution is 7.08. The Morgan fingerprint density at radius 1 is 1.50 bits per heavy atom. The Labute approximate surface area is 98.7 Å². The number of amides is 1. The fourth-order valence-corrected chi connectivity index (χ4v) is 3.21. The van der Waals surface area contributed by atoms with Gasteiger partial charge >= 0.3 is 0 Å². The topological polar surface area (TPSA) is 40.5 Å². The molecule has 0 radical (unpaired) electrons. The highest BCUT2D eigenvalue weighted by Gasteiger charge is 2.53. The molecule has 1 amide bonds. The largest absolute Gasteiger partial charge is 0.386 e. The van der Waals surface area contributed by atoms with Gasteiger partial charge in [0.1, 0.15) is 5.60 Å². The molecule has 2 fully saturated rings. The SMILES string of the molecule is Cc1cscc1C(=O)N1CC(O)(C2CC2)C1. The highest BCUT2D eigenvalue weighted by Crippen LogP contribution is 2.44. The molecule has 1 saturated carbocycles. The van der Waals surface area contributed by atoms with E-state index < -0.39 is 5.60 Å². The number of aryl methyl sites for hydroxylation is 1. The summed E-state index contributed by atoms with van der Waals surface area (Å²) in [6, 6.07) is 0. The maximum absolute atomic E-state index is 12.1. The van der Waals surface area contributed by atoms with Crippen molar-refractivity contribution in [3.05, 3.63) is 21.9 Å². The lowest BCUT2D eigenvalue weighted by molar-refractivity contribution is -0.0958. The summed E-state index contributed by atoms with van der Waals surface area (Å²) in [5, 5.41) is 14.0. The van der Waals surface area contributed by atoms with E-state index in [9.17, 15) is 9.90 Å². The van der Waals surface area contributed by atoms with Crippen LogP contribution in [-0.2, 0) is 0 Å². The molecule has 0 unspecified atom stereocenters. The molecule has 16 heavy (non-hydrogen) atoms. The Morgan fingerprint density at radius 2 is 2.19 bits per heavy atom. The molecule has 1 N–H and O–H groups in total. The van der Waals surface area contributed by atoms with E-state index in [4.69, 9.17) is 0 Å². The quantitative estimate of drug-likeness (QED) is 0.849. The first kappa shape index (κ1) is 10.3. The van der Waals surface area contributed by atoms with E-state index in [0.717, 1.165) is 24.0 Å². The maximum atomic E-state index is 12.1. The van der Waals surface area contributed by atoms with Gasteiger partial charge in [-0.1, -0.05) is 0 Å². The molecule has 1 aromatic heterocycles. The average Bonchev–Trinajstić information content (AvgIpc) is 2.97. The summed E-state index contributed by atoms with van der Waals surface area (Å²) < 4.78 is 0. The molecule has 0 aromatic carbocycles. The third-order valence-electron chi connectivity index (χ3n) is 3.64. The van der Waals surface area contributed by atoms with E-state index in [-0.39, 0.29) is 5.91 Å². The molecule has 2 heterocycles. The lowest BCUT2D eigenvalue weighted by atomic mass is 9.88. The number of rotatable bonds is 2. The Bertz CT molecular complexity index is 430. The molecule has 0 bridgehead atoms. The average molecular weight is 237 g/mol. The second-order valence-electron chi connectivity index (χ2n) is 5.01. The third-order valence-corrected chi connectivity index (χ3v) is 4.50. The van der Waals surface area contributed by atoms with Crippen LogP contribution in [0.15, 0.2) is 10.8 Å². The summed E-state index contributed by atoms with van der Waals surface area (Å²) in [5.74, 6) is 0.518. The van der Waals surface area contributed by atoms with E-state index >= 15 is 0 Å². The predicted octanol–water partition coefficient (Wildman–Crippen LogP) is 1.65. The van der Waals surface area contributed by atoms with Crippen LogP contribution in [-0.4, -0.2) is 34.6 Å². The molecule has 1 aromatic rings. The number of carbonyl (C=O) groups is 1. The number of hydrogen-bond donors (Lipinski definition) is 1. The van der Waals surface area contributed by atoms with Gasteiger partial charge in [0.15, 0.2) is 0 Å². The van der Waals surface area contributed by atoms with Gasteiger partial charge < -0.3 is 10.0 Å². The zero-order valence-electron chi connectivity index (χ0n) is 9.27. The van der Waals surface area contributed by atoms with Crippen molar-refractivity contribution in [1.29, 1.82) is 0 Å². The molecule has 0 spiro atoms. The van der Waals surface area contributed by atoms with Gasteiger partial charge in [0.25, 0.3) is 5.91 Å². The Hall–Kier alpha value is -0.870. The summed E-state index contributed by atoms with van der Waals surface area (Å²) in [6.07, 6.45) is 2.24. The summed E-state index contributed by atoms with van der Waals surface area (Å²) in [7, 11) is 0. The number of thiophene rings is 1. The number of likely N-dealkylation sites (tertiary alicyclic amines) is 1. The van der Waals surface area contributed by atoms with Crippen LogP contribution in [0.5, 0.6) is 0 Å². The molecule has 0 atom stereocenters. The van der Waals surface area contributed by atoms with Crippen LogP contribution in [0.2, 0.25) is 0 Å². The summed E-state index contributed by atoms with van der Waals surface area (Å²) in [6.45, 7) is 2.99. The van der Waals surface area contributed by atoms with Crippen LogP contribution in [0.1, 0.15) is 28.8 Å². The zero-order chi connectivity index (χ0) is 11.3. The number of aliphatic hydroxyl groups is 1. The van der Waals surface area contributed by atoms with Crippen molar-refractivity contribution >= 4 is 17.2 Å². The molecule has 3 rings (SSSR count). The van der Waals surface area contributed by atoms with Crippen LogP contribution in [0.3, 0.4) is 0 Å². The van der Waals surface area contributed by atoms with Crippen LogP contribution < -0.4 is 0 Å². The summed E-state index contributed by atoms with van der Waals surface area (Å²) in [4.78, 5) is 13.8. The Morgan fingerprint density at radius 3 is 2.69 bits per heavy atom. The molecule has 1 saturated heterocycles. The van der Waals surface area contributed by atoms with Crippen LogP contribution in [0.25, 0.3) is 0 Å². The number of nitrogens with zero attached hydrogens (tertiary/aromatic N) is 1. The van der Waals surface area contributed by atoms with E-state index in [0.29, 0.717) is 19.0 Å². The van der Waals surface area contributed by atoms with Crippen molar-refractivity contribution in [2.45, 2.75) is 25.4 Å². The van der Waals surface area contributed by atoms with Gasteiger partial charge in [0, 0.05) is 5.38 Å². The van der Waals surface area contributed by atoms with Gasteiger partial charge in [0.05, 0.1) is 18.7 Å². The minimum absolute atomic E-state index is 0.0732. The second-order valence-corrected chi connectivity index (χ2v) is 5.75. The number of carbonyl (C=O) groups excluding carboxylic acids is 1. The van der Waals surface area contributed by atoms with Gasteiger partial charge in [0.2, 0.25) is 0 Å². The molecular formula is C12H15NO2S. The first-order chi connectivity index (χ1) is 7.60. The van der Waals surface area contributed by atoms with Crippen molar-refractivity contribution in [1.82, 2.24) is 4.90 Å². The van der Waals surface area contributed by atoms with Crippen LogP contribution >= 0.6 is 11.3 Å². The third kappa shape index (κ3) is 1.48. The van der Waals surface area contributed by atoms with Gasteiger partial charge in [-0.05, 0) is 36.6 Å². The van der Waals surface area contributed by atoms with E-state index in [1.807, 2.05) is 17.7 Å². The van der Waals surface area contributed by atoms with E-state index in [2.05, 4.69) is 0 Å². The van der Waals surface area contributed by atoms with Crippen molar-refractivity contribution in [2.75, 3.05) is 13.1 Å². The lowest BCUT2D eigenvalue weighted by Gasteiger charge is -2.47. The van der Waals surface area contributed by atoms with Gasteiger partial charge in [-0.25, -0.2) is 0 Å². The minimum Gasteiger partial charge on any atom is -0.386 e. The highest BCUT2D eigenvalue weighted by atomic mass is 32.1. The van der Waals surface area contributed by atoms with Gasteiger partial charge in [-0.2, -0.15) is 11.3 Å². The summed E-state index contributed by atoms with van der Waals surface area (Å²) >= 11 is 1.56. The van der Waals surface area contributed by atoms with Crippen molar-refractivity contribution in [3.63, 3.8) is 0 Å². The predicted molar refractivity (Wildman–Crippen MR) is 62.6 cm³/mol. The number of β-amino-alcohol motifs (C(OH)–C–C–N with tert-alkyl or cyclic N) is 1. The lowest BCUT2D eigenvalue weighted by Crippen LogP contribution is -2.64. The molecule has 1 aliphatic heterocycles. The summed E-state index contributed by atoms with van der Waals surface area (Å²) in [5.41, 5.74) is 1.26. The molecule has 3 nitrogen and oxygen atoms in total. The minimum atomic E-state index is -0.570. The van der Waals surface area contributed by atoms with Crippen molar-refractivity contribution < 1.29 is 9.90 Å². The van der Waals surface area contributed by atoms with E-state index in [1.165, 1.54) is 0 Å². The molecule has 86 valence electrons. The standard InChI is InChI=1S/C12H15NO2S/c1-8-4-16-5-10(8)11(14)13-6-12(15,7-13)9-2-3-9/h4-5,9,15H,2-3,6-7H2,1H3. The van der Waals surface area contributed by atoms with E-state index in [1.54, 1.807) is 16.2 Å². The van der Waals surface area contributed by atoms with Crippen LogP contribution in [0.4, 0.5) is 0 Å². The van der Waals surface area contributed by atoms with Crippen molar-refractivity contribution in [3.8, 4) is 0 Å². The molecule has 1 aliphatic carbocycles. The first-order valence-electron chi connectivity index (χ1n) is 5.64. The zero-order valence-corrected chi connectivity index (χ0v) is 10.1. The first-order valence-corrected chi connectivity index (χ1v) is 6.59. The van der Waals surface area contributed by atoms with Crippen molar-refractivity contribution in [2.24, 2.45) is 5.92 Å². The maximum Gasteiger partial charge on any atom is 0.255 e. The Kier molecular flexibility index (Phi) is 2.13. The smallest absolute Gasteiger partial charge is 0.255 e. The monoisotopic (exact) mass is 237 g/mol. The van der Waals surface area contributed by atoms with Gasteiger partial charge in [-0.15, -0.1) is 0 Å². The molecule has 4 heteroatoms. The molecular weight excluding hydrogens is 222 g/mol. The van der Waals surface area contributed by atoms with Gasteiger partial charge in [-0.3, -0.25) is 4.79 Å². The number of hydrogen-bond acceptors (Lipinski definition) is 3. The molecule has 2 aliphatic rings. The second kappa shape index (κ2) is 3.31. The fraction of sp³-hybridized carbons (Fsp3) is 0.583.